The van der Waals surface area contributed by atoms with Crippen LogP contribution >= 0.6 is 0 Å². The molecule has 0 saturated heterocycles. The molecule has 25 heavy (non-hydrogen) atoms. The van der Waals surface area contributed by atoms with Gasteiger partial charge < -0.3 is 18.8 Å². The average Bonchev–Trinajstić information content (AvgIpc) is 2.92. The fraction of sp³-hybridized carbons (Fsp3) is 0.316. The summed E-state index contributed by atoms with van der Waals surface area (Å²) in [5.41, 5.74) is 2.54. The lowest BCUT2D eigenvalue weighted by atomic mass is 10.2. The van der Waals surface area contributed by atoms with Gasteiger partial charge in [-0.05, 0) is 37.3 Å². The van der Waals surface area contributed by atoms with Crippen molar-refractivity contribution in [3.05, 3.63) is 58.6 Å². The molecule has 6 heteroatoms. The molecule has 1 N–H and O–H groups in total. The van der Waals surface area contributed by atoms with Crippen LogP contribution in [0.5, 0.6) is 11.5 Å². The molecule has 0 fully saturated rings. The molecule has 1 heterocycles. The zero-order chi connectivity index (χ0) is 17.8. The molecule has 3 aromatic rings. The van der Waals surface area contributed by atoms with Gasteiger partial charge in [-0.2, -0.15) is 0 Å². The van der Waals surface area contributed by atoms with E-state index in [2.05, 4.69) is 0 Å². The van der Waals surface area contributed by atoms with Crippen LogP contribution in [0.15, 0.2) is 51.7 Å². The summed E-state index contributed by atoms with van der Waals surface area (Å²) in [5, 5.41) is 0. The Morgan fingerprint density at radius 2 is 1.96 bits per heavy atom. The largest absolute Gasteiger partial charge is 0.493 e. The fourth-order valence-electron chi connectivity index (χ4n) is 2.93. The summed E-state index contributed by atoms with van der Waals surface area (Å²) < 4.78 is 17.9. The van der Waals surface area contributed by atoms with Crippen molar-refractivity contribution in [2.24, 2.45) is 0 Å². The Morgan fingerprint density at radius 3 is 2.72 bits per heavy atom. The highest BCUT2D eigenvalue weighted by atomic mass is 16.5. The molecule has 0 bridgehead atoms. The predicted molar refractivity (Wildman–Crippen MR) is 95.2 cm³/mol. The van der Waals surface area contributed by atoms with Crippen molar-refractivity contribution >= 4 is 11.1 Å². The topological polar surface area (TPSA) is 58.0 Å². The maximum atomic E-state index is 12.1. The third kappa shape index (κ3) is 3.69. The van der Waals surface area contributed by atoms with Crippen LogP contribution in [-0.4, -0.2) is 25.3 Å². The number of ether oxygens (including phenoxy) is 2. The summed E-state index contributed by atoms with van der Waals surface area (Å²) in [6, 6.07) is 13.4. The van der Waals surface area contributed by atoms with E-state index in [1.165, 1.54) is 0 Å². The summed E-state index contributed by atoms with van der Waals surface area (Å²) in [5.74, 6) is 1.13. The van der Waals surface area contributed by atoms with Crippen LogP contribution in [0.2, 0.25) is 0 Å². The Morgan fingerprint density at radius 1 is 1.16 bits per heavy atom. The monoisotopic (exact) mass is 343 g/mol. The van der Waals surface area contributed by atoms with E-state index in [9.17, 15) is 4.79 Å². The number of nitrogens with one attached hydrogen (secondary N) is 1. The van der Waals surface area contributed by atoms with E-state index < -0.39 is 0 Å². The molecule has 132 valence electrons. The van der Waals surface area contributed by atoms with Gasteiger partial charge in [0.15, 0.2) is 23.8 Å². The smallest absolute Gasteiger partial charge is 0.424 e. The Balaban J connectivity index is 1.77. The quantitative estimate of drug-likeness (QED) is 0.709. The molecule has 0 saturated carbocycles. The number of benzene rings is 2. The minimum atomic E-state index is -0.329. The van der Waals surface area contributed by atoms with Crippen LogP contribution in [0.25, 0.3) is 11.1 Å². The third-order valence-electron chi connectivity index (χ3n) is 4.04. The first-order chi connectivity index (χ1) is 12.1. The number of hydrogen-bond acceptors (Lipinski definition) is 4. The second kappa shape index (κ2) is 7.44. The maximum absolute atomic E-state index is 12.1. The number of nitrogens with zero attached hydrogens (tertiary/aromatic N) is 1. The lowest BCUT2D eigenvalue weighted by Crippen LogP contribution is -3.07. The summed E-state index contributed by atoms with van der Waals surface area (Å²) in [4.78, 5) is 13.2. The lowest BCUT2D eigenvalue weighted by Gasteiger charge is -2.16. The molecule has 6 nitrogen and oxygen atoms in total. The molecule has 0 aliphatic carbocycles. The zero-order valence-electron chi connectivity index (χ0n) is 14.7. The van der Waals surface area contributed by atoms with Crippen molar-refractivity contribution in [2.45, 2.75) is 20.1 Å². The number of methoxy groups -OCH3 is 1. The van der Waals surface area contributed by atoms with Gasteiger partial charge in [-0.3, -0.25) is 0 Å². The standard InChI is InChI=1S/C19H22N2O4/c1-4-24-17-10-9-14(11-18(17)23-3)12-20(2)13-21-15-7-5-6-8-16(15)25-19(21)22/h5-11H,4,12-13H2,1-3H3/p+1. The van der Waals surface area contributed by atoms with Gasteiger partial charge in [0.25, 0.3) is 0 Å². The van der Waals surface area contributed by atoms with Gasteiger partial charge in [-0.1, -0.05) is 12.1 Å². The SMILES string of the molecule is CCOc1ccc(C[NH+](C)Cn2c(=O)oc3ccccc32)cc1OC. The van der Waals surface area contributed by atoms with Crippen molar-refractivity contribution in [3.63, 3.8) is 0 Å². The molecule has 1 atom stereocenters. The van der Waals surface area contributed by atoms with Gasteiger partial charge in [0.05, 0.1) is 26.3 Å². The number of aromatic nitrogens is 1. The van der Waals surface area contributed by atoms with E-state index in [0.29, 0.717) is 18.9 Å². The maximum Gasteiger partial charge on any atom is 0.424 e. The number of fused-ring (bicyclic) bond motifs is 1. The van der Waals surface area contributed by atoms with Crippen molar-refractivity contribution < 1.29 is 18.8 Å². The summed E-state index contributed by atoms with van der Waals surface area (Å²) in [7, 11) is 3.67. The molecule has 2 aromatic carbocycles. The van der Waals surface area contributed by atoms with E-state index in [1.807, 2.05) is 50.4 Å². The van der Waals surface area contributed by atoms with E-state index in [0.717, 1.165) is 34.0 Å². The van der Waals surface area contributed by atoms with Crippen LogP contribution in [0.4, 0.5) is 0 Å². The third-order valence-corrected chi connectivity index (χ3v) is 4.04. The minimum absolute atomic E-state index is 0.329. The molecule has 0 amide bonds. The number of rotatable bonds is 7. The second-order valence-corrected chi connectivity index (χ2v) is 5.97. The first-order valence-electron chi connectivity index (χ1n) is 8.31. The highest BCUT2D eigenvalue weighted by Crippen LogP contribution is 2.27. The van der Waals surface area contributed by atoms with E-state index >= 15 is 0 Å². The molecular weight excluding hydrogens is 320 g/mol. The Bertz CT molecular complexity index is 913. The second-order valence-electron chi connectivity index (χ2n) is 5.97. The Hall–Kier alpha value is -2.73. The van der Waals surface area contributed by atoms with Crippen LogP contribution in [0.3, 0.4) is 0 Å². The normalized spacial score (nSPS) is 12.3. The number of oxazole rings is 1. The first-order valence-corrected chi connectivity index (χ1v) is 8.31. The number of hydrogen-bond donors (Lipinski definition) is 1. The number of quaternary nitrogens is 1. The highest BCUT2D eigenvalue weighted by molar-refractivity contribution is 5.72. The highest BCUT2D eigenvalue weighted by Gasteiger charge is 2.14. The van der Waals surface area contributed by atoms with E-state index in [1.54, 1.807) is 17.7 Å². The lowest BCUT2D eigenvalue weighted by molar-refractivity contribution is -0.916. The van der Waals surface area contributed by atoms with Crippen LogP contribution in [0.1, 0.15) is 12.5 Å². The zero-order valence-corrected chi connectivity index (χ0v) is 14.7. The Labute approximate surface area is 146 Å². The Kier molecular flexibility index (Phi) is 5.09. The van der Waals surface area contributed by atoms with Crippen molar-refractivity contribution in [3.8, 4) is 11.5 Å². The van der Waals surface area contributed by atoms with Gasteiger partial charge in [-0.25, -0.2) is 9.36 Å². The van der Waals surface area contributed by atoms with Crippen molar-refractivity contribution in [1.29, 1.82) is 0 Å². The van der Waals surface area contributed by atoms with Crippen molar-refractivity contribution in [2.75, 3.05) is 20.8 Å². The summed E-state index contributed by atoms with van der Waals surface area (Å²) >= 11 is 0. The molecule has 1 aromatic heterocycles. The van der Waals surface area contributed by atoms with Gasteiger partial charge in [0.1, 0.15) is 6.54 Å². The van der Waals surface area contributed by atoms with Crippen LogP contribution in [0, 0.1) is 0 Å². The molecular formula is C19H23N2O4+. The van der Waals surface area contributed by atoms with Crippen LogP contribution in [-0.2, 0) is 13.2 Å². The summed E-state index contributed by atoms with van der Waals surface area (Å²) in [6.45, 7) is 3.80. The van der Waals surface area contributed by atoms with Gasteiger partial charge in [0.2, 0.25) is 0 Å². The molecule has 0 aliphatic heterocycles. The van der Waals surface area contributed by atoms with Crippen molar-refractivity contribution in [1.82, 2.24) is 4.57 Å². The van der Waals surface area contributed by atoms with Gasteiger partial charge in [-0.15, -0.1) is 0 Å². The first kappa shape index (κ1) is 17.1. The fourth-order valence-corrected chi connectivity index (χ4v) is 2.93. The molecule has 0 radical (unpaired) electrons. The van der Waals surface area contributed by atoms with E-state index in [-0.39, 0.29) is 5.76 Å². The molecule has 0 spiro atoms. The minimum Gasteiger partial charge on any atom is -0.493 e. The molecule has 1 unspecified atom stereocenters. The molecule has 3 rings (SSSR count). The summed E-state index contributed by atoms with van der Waals surface area (Å²) in [6.07, 6.45) is 0. The van der Waals surface area contributed by atoms with Gasteiger partial charge >= 0.3 is 5.76 Å². The van der Waals surface area contributed by atoms with E-state index in [4.69, 9.17) is 13.9 Å². The van der Waals surface area contributed by atoms with Crippen LogP contribution < -0.4 is 20.1 Å². The number of para-hydroxylation sites is 2. The average molecular weight is 343 g/mol. The molecule has 0 aliphatic rings. The predicted octanol–water partition coefficient (Wildman–Crippen LogP) is 1.67. The van der Waals surface area contributed by atoms with Gasteiger partial charge in [0, 0.05) is 5.56 Å².